The third kappa shape index (κ3) is 3.46. The molecule has 0 unspecified atom stereocenters. The number of nitrogens with zero attached hydrogens (tertiary/aromatic N) is 2. The van der Waals surface area contributed by atoms with Gasteiger partial charge in [0.25, 0.3) is 0 Å². The van der Waals surface area contributed by atoms with Crippen LogP contribution in [-0.4, -0.2) is 23.7 Å². The maximum absolute atomic E-state index is 6.16. The average Bonchev–Trinajstić information content (AvgIpc) is 2.56. The molecule has 3 rings (SSSR count). The molecule has 1 heterocycles. The summed E-state index contributed by atoms with van der Waals surface area (Å²) < 4.78 is 10.9. The Morgan fingerprint density at radius 1 is 1.13 bits per heavy atom. The van der Waals surface area contributed by atoms with Crippen LogP contribution in [0.3, 0.4) is 0 Å². The smallest absolute Gasteiger partial charge is 0.220 e. The van der Waals surface area contributed by atoms with E-state index in [9.17, 15) is 0 Å². The second-order valence-corrected chi connectivity index (χ2v) is 5.35. The van der Waals surface area contributed by atoms with Gasteiger partial charge in [0.2, 0.25) is 5.95 Å². The fourth-order valence-corrected chi connectivity index (χ4v) is 2.56. The third-order valence-corrected chi connectivity index (χ3v) is 3.73. The number of fused-ring (bicyclic) bond motifs is 1. The van der Waals surface area contributed by atoms with Crippen LogP contribution in [0.4, 0.5) is 5.95 Å². The van der Waals surface area contributed by atoms with E-state index in [0.717, 1.165) is 16.6 Å². The second kappa shape index (κ2) is 6.71. The first-order valence-electron chi connectivity index (χ1n) is 7.15. The van der Waals surface area contributed by atoms with E-state index in [0.29, 0.717) is 29.5 Å². The molecular formula is C17H16ClN3O2. The molecule has 6 heteroatoms. The zero-order chi connectivity index (χ0) is 16.2. The molecule has 0 saturated heterocycles. The zero-order valence-electron chi connectivity index (χ0n) is 12.6. The number of ether oxygens (including phenoxy) is 2. The van der Waals surface area contributed by atoms with Gasteiger partial charge in [0.05, 0.1) is 29.9 Å². The van der Waals surface area contributed by atoms with Gasteiger partial charge in [0, 0.05) is 17.9 Å². The number of methoxy groups -OCH3 is 1. The number of benzene rings is 2. The van der Waals surface area contributed by atoms with E-state index >= 15 is 0 Å². The van der Waals surface area contributed by atoms with Crippen LogP contribution in [0.15, 0.2) is 42.5 Å². The minimum atomic E-state index is 0.265. The summed E-state index contributed by atoms with van der Waals surface area (Å²) >= 11 is 6.16. The van der Waals surface area contributed by atoms with Crippen molar-refractivity contribution < 1.29 is 9.47 Å². The highest BCUT2D eigenvalue weighted by atomic mass is 35.5. The molecule has 0 aliphatic carbocycles. The molecule has 0 atom stereocenters. The van der Waals surface area contributed by atoms with Crippen molar-refractivity contribution in [3.63, 3.8) is 0 Å². The lowest BCUT2D eigenvalue weighted by atomic mass is 10.1. The van der Waals surface area contributed by atoms with Crippen LogP contribution < -0.4 is 15.2 Å². The van der Waals surface area contributed by atoms with Crippen LogP contribution in [0.25, 0.3) is 10.9 Å². The van der Waals surface area contributed by atoms with E-state index in [-0.39, 0.29) is 5.95 Å². The Kier molecular flexibility index (Phi) is 4.48. The number of rotatable bonds is 5. The minimum Gasteiger partial charge on any atom is -0.497 e. The highest BCUT2D eigenvalue weighted by Gasteiger charge is 2.08. The van der Waals surface area contributed by atoms with Crippen molar-refractivity contribution in [3.05, 3.63) is 53.2 Å². The molecule has 23 heavy (non-hydrogen) atoms. The number of nitrogens with two attached hydrogens (primary N) is 1. The van der Waals surface area contributed by atoms with Crippen LogP contribution in [0.2, 0.25) is 5.02 Å². The Hall–Kier alpha value is -2.53. The molecule has 0 aliphatic heterocycles. The molecule has 0 saturated carbocycles. The van der Waals surface area contributed by atoms with Crippen molar-refractivity contribution in [1.29, 1.82) is 0 Å². The summed E-state index contributed by atoms with van der Waals surface area (Å²) in [6.07, 6.45) is 0.607. The summed E-state index contributed by atoms with van der Waals surface area (Å²) in [4.78, 5) is 8.54. The summed E-state index contributed by atoms with van der Waals surface area (Å²) in [5.41, 5.74) is 7.46. The van der Waals surface area contributed by atoms with Gasteiger partial charge in [-0.1, -0.05) is 29.8 Å². The fraction of sp³-hybridized carbons (Fsp3) is 0.176. The van der Waals surface area contributed by atoms with Crippen molar-refractivity contribution in [2.45, 2.75) is 6.42 Å². The van der Waals surface area contributed by atoms with Crippen LogP contribution in [0.1, 0.15) is 5.69 Å². The number of hydrogen-bond donors (Lipinski definition) is 1. The summed E-state index contributed by atoms with van der Waals surface area (Å²) in [5, 5.41) is 1.49. The van der Waals surface area contributed by atoms with Gasteiger partial charge in [-0.15, -0.1) is 0 Å². The van der Waals surface area contributed by atoms with Gasteiger partial charge in [0.1, 0.15) is 11.5 Å². The predicted molar refractivity (Wildman–Crippen MR) is 91.2 cm³/mol. The Labute approximate surface area is 139 Å². The molecule has 1 aromatic heterocycles. The lowest BCUT2D eigenvalue weighted by molar-refractivity contribution is 0.320. The second-order valence-electron chi connectivity index (χ2n) is 4.94. The maximum Gasteiger partial charge on any atom is 0.220 e. The molecule has 0 radical (unpaired) electrons. The maximum atomic E-state index is 6.16. The molecule has 0 aliphatic rings. The van der Waals surface area contributed by atoms with Crippen molar-refractivity contribution in [1.82, 2.24) is 9.97 Å². The van der Waals surface area contributed by atoms with Gasteiger partial charge in [-0.3, -0.25) is 0 Å². The first-order valence-corrected chi connectivity index (χ1v) is 7.52. The lowest BCUT2D eigenvalue weighted by Gasteiger charge is -2.10. The van der Waals surface area contributed by atoms with Crippen LogP contribution >= 0.6 is 11.6 Å². The van der Waals surface area contributed by atoms with E-state index in [4.69, 9.17) is 26.8 Å². The zero-order valence-corrected chi connectivity index (χ0v) is 13.4. The van der Waals surface area contributed by atoms with Gasteiger partial charge in [-0.25, -0.2) is 9.97 Å². The number of hydrogen-bond acceptors (Lipinski definition) is 5. The van der Waals surface area contributed by atoms with E-state index < -0.39 is 0 Å². The van der Waals surface area contributed by atoms with Gasteiger partial charge in [-0.2, -0.15) is 0 Å². The number of halogens is 1. The molecule has 3 aromatic rings. The SMILES string of the molecule is COc1ccc(OCCc2nc(N)nc3ccccc23)c(Cl)c1. The monoisotopic (exact) mass is 329 g/mol. The quantitative estimate of drug-likeness (QED) is 0.775. The largest absolute Gasteiger partial charge is 0.497 e. The van der Waals surface area contributed by atoms with E-state index in [1.165, 1.54) is 0 Å². The molecule has 2 aromatic carbocycles. The predicted octanol–water partition coefficient (Wildman–Crippen LogP) is 3.50. The number of aromatic nitrogens is 2. The van der Waals surface area contributed by atoms with Crippen molar-refractivity contribution in [2.24, 2.45) is 0 Å². The number of para-hydroxylation sites is 1. The Morgan fingerprint density at radius 2 is 1.96 bits per heavy atom. The fourth-order valence-electron chi connectivity index (χ4n) is 2.34. The van der Waals surface area contributed by atoms with Gasteiger partial charge >= 0.3 is 0 Å². The summed E-state index contributed by atoms with van der Waals surface area (Å²) in [6, 6.07) is 13.1. The summed E-state index contributed by atoms with van der Waals surface area (Å²) in [6.45, 7) is 0.437. The topological polar surface area (TPSA) is 70.3 Å². The number of nitrogen functional groups attached to an aromatic ring is 1. The summed E-state index contributed by atoms with van der Waals surface area (Å²) in [7, 11) is 1.59. The van der Waals surface area contributed by atoms with Gasteiger partial charge in [-0.05, 0) is 18.2 Å². The third-order valence-electron chi connectivity index (χ3n) is 3.43. The Morgan fingerprint density at radius 3 is 2.74 bits per heavy atom. The molecule has 0 fully saturated rings. The molecule has 2 N–H and O–H groups in total. The van der Waals surface area contributed by atoms with Gasteiger partial charge in [0.15, 0.2) is 0 Å². The van der Waals surface area contributed by atoms with Crippen molar-refractivity contribution >= 4 is 28.5 Å². The molecule has 5 nitrogen and oxygen atoms in total. The molecule has 0 bridgehead atoms. The molecular weight excluding hydrogens is 314 g/mol. The molecule has 0 amide bonds. The van der Waals surface area contributed by atoms with Crippen LogP contribution in [0, 0.1) is 0 Å². The van der Waals surface area contributed by atoms with Crippen molar-refractivity contribution in [3.8, 4) is 11.5 Å². The van der Waals surface area contributed by atoms with E-state index in [1.54, 1.807) is 25.3 Å². The first kappa shape index (κ1) is 15.4. The highest BCUT2D eigenvalue weighted by molar-refractivity contribution is 6.32. The van der Waals surface area contributed by atoms with Crippen LogP contribution in [-0.2, 0) is 6.42 Å². The van der Waals surface area contributed by atoms with E-state index in [1.807, 2.05) is 24.3 Å². The molecule has 0 spiro atoms. The Bertz CT molecular complexity index is 839. The standard InChI is InChI=1S/C17H16ClN3O2/c1-22-11-6-7-16(13(18)10-11)23-9-8-15-12-4-2-3-5-14(12)20-17(19)21-15/h2-7,10H,8-9H2,1H3,(H2,19,20,21). The molecule has 118 valence electrons. The highest BCUT2D eigenvalue weighted by Crippen LogP contribution is 2.28. The number of anilines is 1. The average molecular weight is 330 g/mol. The van der Waals surface area contributed by atoms with E-state index in [2.05, 4.69) is 9.97 Å². The Balaban J connectivity index is 1.74. The first-order chi connectivity index (χ1) is 11.2. The van der Waals surface area contributed by atoms with Crippen molar-refractivity contribution in [2.75, 3.05) is 19.5 Å². The lowest BCUT2D eigenvalue weighted by Crippen LogP contribution is -2.06. The normalized spacial score (nSPS) is 10.7. The summed E-state index contributed by atoms with van der Waals surface area (Å²) in [5.74, 6) is 1.57. The minimum absolute atomic E-state index is 0.265. The van der Waals surface area contributed by atoms with Crippen LogP contribution in [0.5, 0.6) is 11.5 Å². The van der Waals surface area contributed by atoms with Gasteiger partial charge < -0.3 is 15.2 Å².